The number of carbonyl (C=O) groups excluding carboxylic acids is 1. The molecule has 1 aliphatic carbocycles. The van der Waals surface area contributed by atoms with Crippen molar-refractivity contribution < 1.29 is 17.6 Å². The van der Waals surface area contributed by atoms with E-state index in [0.717, 1.165) is 12.3 Å². The van der Waals surface area contributed by atoms with Gasteiger partial charge in [0.25, 0.3) is 10.0 Å². The lowest BCUT2D eigenvalue weighted by Crippen LogP contribution is -2.38. The number of nitrogen functional groups attached to an aromatic ring is 1. The maximum Gasteiger partial charge on any atom is 0.263 e. The van der Waals surface area contributed by atoms with Crippen LogP contribution in [0, 0.1) is 12.7 Å². The molecule has 2 heterocycles. The van der Waals surface area contributed by atoms with Gasteiger partial charge in [-0.05, 0) is 44.0 Å². The van der Waals surface area contributed by atoms with Crippen molar-refractivity contribution >= 4 is 44.0 Å². The van der Waals surface area contributed by atoms with Crippen LogP contribution in [0.25, 0.3) is 10.9 Å². The second kappa shape index (κ2) is 7.28. The van der Waals surface area contributed by atoms with E-state index in [1.54, 1.807) is 25.2 Å². The Balaban J connectivity index is 1.92. The third-order valence-electron chi connectivity index (χ3n) is 5.38. The summed E-state index contributed by atoms with van der Waals surface area (Å²) in [6.07, 6.45) is 7.96. The van der Waals surface area contributed by atoms with Crippen LogP contribution in [0.1, 0.15) is 35.0 Å². The number of nitrogens with zero attached hydrogens (tertiary/aromatic N) is 3. The normalized spacial score (nSPS) is 18.6. The zero-order chi connectivity index (χ0) is 22.6. The fourth-order valence-corrected chi connectivity index (χ4v) is 5.29. The summed E-state index contributed by atoms with van der Waals surface area (Å²) in [5, 5.41) is 4.06. The Bertz CT molecular complexity index is 1410. The van der Waals surface area contributed by atoms with Crippen molar-refractivity contribution in [1.29, 1.82) is 0 Å². The van der Waals surface area contributed by atoms with Gasteiger partial charge in [0.05, 0.1) is 11.9 Å². The third kappa shape index (κ3) is 3.24. The minimum absolute atomic E-state index is 0.0166. The number of ketones is 1. The van der Waals surface area contributed by atoms with Crippen molar-refractivity contribution in [2.75, 3.05) is 5.73 Å². The predicted octanol–water partition coefficient (Wildman–Crippen LogP) is 3.80. The lowest BCUT2D eigenvalue weighted by Gasteiger charge is -2.26. The van der Waals surface area contributed by atoms with Gasteiger partial charge in [-0.3, -0.25) is 4.79 Å². The molecule has 1 aliphatic rings. The van der Waals surface area contributed by atoms with E-state index in [4.69, 9.17) is 17.3 Å². The molecule has 1 atom stereocenters. The molecule has 3 aromatic rings. The molecule has 31 heavy (non-hydrogen) atoms. The molecule has 0 saturated carbocycles. The first-order chi connectivity index (χ1) is 14.6. The van der Waals surface area contributed by atoms with Gasteiger partial charge in [-0.25, -0.2) is 17.8 Å². The quantitative estimate of drug-likeness (QED) is 0.468. The second-order valence-electron chi connectivity index (χ2n) is 7.51. The first kappa shape index (κ1) is 21.2. The number of aryl methyl sites for hydroxylation is 1. The zero-order valence-electron chi connectivity index (χ0n) is 16.6. The van der Waals surface area contributed by atoms with E-state index in [0.29, 0.717) is 9.65 Å². The van der Waals surface area contributed by atoms with E-state index in [1.807, 2.05) is 0 Å². The van der Waals surface area contributed by atoms with Crippen LogP contribution >= 0.6 is 11.6 Å². The van der Waals surface area contributed by atoms with Crippen LogP contribution < -0.4 is 5.73 Å². The van der Waals surface area contributed by atoms with E-state index in [-0.39, 0.29) is 39.4 Å². The highest BCUT2D eigenvalue weighted by atomic mass is 35.5. The molecule has 0 radical (unpaired) electrons. The molecule has 4 rings (SSSR count). The van der Waals surface area contributed by atoms with Gasteiger partial charge in [-0.15, -0.1) is 0 Å². The average Bonchev–Trinajstić information content (AvgIpc) is 3.18. The van der Waals surface area contributed by atoms with Crippen molar-refractivity contribution in [3.8, 4) is 0 Å². The van der Waals surface area contributed by atoms with Crippen molar-refractivity contribution in [2.24, 2.45) is 0 Å². The van der Waals surface area contributed by atoms with Gasteiger partial charge in [-0.1, -0.05) is 35.9 Å². The summed E-state index contributed by atoms with van der Waals surface area (Å²) in [5.74, 6) is -1.44. The molecule has 2 aromatic heterocycles. The Morgan fingerprint density at radius 3 is 2.74 bits per heavy atom. The van der Waals surface area contributed by atoms with Crippen LogP contribution in [-0.4, -0.2) is 33.1 Å². The molecule has 160 valence electrons. The van der Waals surface area contributed by atoms with Crippen molar-refractivity contribution in [3.63, 3.8) is 0 Å². The lowest BCUT2D eigenvalue weighted by molar-refractivity contribution is 0.103. The first-order valence-electron chi connectivity index (χ1n) is 9.30. The molecule has 2 N–H and O–H groups in total. The number of pyridine rings is 1. The number of carbonyl (C=O) groups is 1. The van der Waals surface area contributed by atoms with E-state index in [9.17, 15) is 17.6 Å². The molecule has 10 heteroatoms. The highest BCUT2D eigenvalue weighted by molar-refractivity contribution is 7.91. The van der Waals surface area contributed by atoms with Crippen LogP contribution in [0.4, 0.5) is 10.1 Å². The number of nitrogens with two attached hydrogens (primary N) is 1. The molecule has 0 aliphatic heterocycles. The van der Waals surface area contributed by atoms with E-state index in [1.165, 1.54) is 25.1 Å². The number of aromatic nitrogens is 3. The van der Waals surface area contributed by atoms with Crippen LogP contribution in [-0.2, 0) is 10.0 Å². The van der Waals surface area contributed by atoms with Gasteiger partial charge >= 0.3 is 0 Å². The van der Waals surface area contributed by atoms with Crippen molar-refractivity contribution in [2.45, 2.75) is 25.0 Å². The lowest BCUT2D eigenvalue weighted by atomic mass is 10.0. The molecular weight excluding hydrogens is 443 g/mol. The fraction of sp³-hybridized carbons (Fsp3) is 0.190. The number of rotatable bonds is 4. The first-order valence-corrected chi connectivity index (χ1v) is 11.1. The van der Waals surface area contributed by atoms with Gasteiger partial charge in [0.15, 0.2) is 0 Å². The molecule has 1 aromatic carbocycles. The van der Waals surface area contributed by atoms with Gasteiger partial charge in [0.1, 0.15) is 26.9 Å². The fourth-order valence-electron chi connectivity index (χ4n) is 3.49. The summed E-state index contributed by atoms with van der Waals surface area (Å²) in [6, 6.07) is 3.79. The summed E-state index contributed by atoms with van der Waals surface area (Å²) in [6.45, 7) is 3.21. The van der Waals surface area contributed by atoms with E-state index >= 15 is 0 Å². The summed E-state index contributed by atoms with van der Waals surface area (Å²) in [4.78, 5) is 17.2. The monoisotopic (exact) mass is 460 g/mol. The van der Waals surface area contributed by atoms with E-state index < -0.39 is 26.4 Å². The summed E-state index contributed by atoms with van der Waals surface area (Å²) in [7, 11) is -4.14. The molecular formula is C21H18ClFN4O3S. The third-order valence-corrected chi connectivity index (χ3v) is 7.79. The summed E-state index contributed by atoms with van der Waals surface area (Å²) in [5.41, 5.74) is 6.31. The standard InChI is InChI=1S/C21H18ClFN4O3S/c1-12-10-16(22)26-18(17(12)24)20(28)13-6-7-15(23)19-14(13)11-25-27(19)31(29,30)21(2)8-4-3-5-9-21/h3-8,10-11H,9,24H2,1-2H3. The van der Waals surface area contributed by atoms with Gasteiger partial charge in [-0.2, -0.15) is 9.19 Å². The summed E-state index contributed by atoms with van der Waals surface area (Å²) >= 11 is 5.98. The van der Waals surface area contributed by atoms with Gasteiger partial charge in [0.2, 0.25) is 5.78 Å². The van der Waals surface area contributed by atoms with Crippen LogP contribution in [0.2, 0.25) is 5.15 Å². The summed E-state index contributed by atoms with van der Waals surface area (Å²) < 4.78 is 40.8. The molecule has 1 unspecified atom stereocenters. The Morgan fingerprint density at radius 1 is 1.32 bits per heavy atom. The minimum atomic E-state index is -4.14. The van der Waals surface area contributed by atoms with Crippen LogP contribution in [0.15, 0.2) is 48.7 Å². The van der Waals surface area contributed by atoms with Crippen LogP contribution in [0.5, 0.6) is 0 Å². The number of allylic oxidation sites excluding steroid dienone is 3. The molecule has 0 amide bonds. The highest BCUT2D eigenvalue weighted by Crippen LogP contribution is 2.33. The molecule has 0 bridgehead atoms. The number of hydrogen-bond acceptors (Lipinski definition) is 6. The Labute approximate surface area is 183 Å². The predicted molar refractivity (Wildman–Crippen MR) is 117 cm³/mol. The Hall–Kier alpha value is -3.04. The topological polar surface area (TPSA) is 108 Å². The molecule has 0 spiro atoms. The molecule has 7 nitrogen and oxygen atoms in total. The number of fused-ring (bicyclic) bond motifs is 1. The van der Waals surface area contributed by atoms with Crippen LogP contribution in [0.3, 0.4) is 0 Å². The maximum atomic E-state index is 14.8. The number of anilines is 1. The minimum Gasteiger partial charge on any atom is -0.397 e. The maximum absolute atomic E-state index is 14.8. The largest absolute Gasteiger partial charge is 0.397 e. The Morgan fingerprint density at radius 2 is 2.06 bits per heavy atom. The zero-order valence-corrected chi connectivity index (χ0v) is 18.2. The number of halogens is 2. The highest BCUT2D eigenvalue weighted by Gasteiger charge is 2.40. The SMILES string of the molecule is Cc1cc(Cl)nc(C(=O)c2ccc(F)c3c2cnn3S(=O)(=O)C2(C)C=CC=CC2)c1N. The number of hydrogen-bond donors (Lipinski definition) is 1. The molecule has 0 fully saturated rings. The Kier molecular flexibility index (Phi) is 4.98. The average molecular weight is 461 g/mol. The smallest absolute Gasteiger partial charge is 0.263 e. The molecule has 0 saturated heterocycles. The number of benzene rings is 1. The van der Waals surface area contributed by atoms with Crippen molar-refractivity contribution in [3.05, 3.63) is 76.5 Å². The van der Waals surface area contributed by atoms with E-state index in [2.05, 4.69) is 10.1 Å². The van der Waals surface area contributed by atoms with Crippen molar-refractivity contribution in [1.82, 2.24) is 14.2 Å². The van der Waals surface area contributed by atoms with Gasteiger partial charge in [0, 0.05) is 10.9 Å². The van der Waals surface area contributed by atoms with Gasteiger partial charge < -0.3 is 5.73 Å². The second-order valence-corrected chi connectivity index (χ2v) is 10.1.